The number of halogens is 2. The molecule has 3 N–H and O–H groups in total. The summed E-state index contributed by atoms with van der Waals surface area (Å²) in [5.41, 5.74) is 6.57. The third-order valence-electron chi connectivity index (χ3n) is 2.70. The molecular formula is C15H14BrFN2O2. The number of carbonyl (C=O) groups excluding carboxylic acids is 1. The smallest absolute Gasteiger partial charge is 0.255 e. The van der Waals surface area contributed by atoms with E-state index in [0.29, 0.717) is 33.8 Å². The highest BCUT2D eigenvalue weighted by Crippen LogP contribution is 2.33. The van der Waals surface area contributed by atoms with Gasteiger partial charge in [-0.3, -0.25) is 4.79 Å². The molecule has 0 radical (unpaired) electrons. The van der Waals surface area contributed by atoms with E-state index in [9.17, 15) is 9.18 Å². The van der Waals surface area contributed by atoms with Crippen LogP contribution in [0.5, 0.6) is 11.5 Å². The van der Waals surface area contributed by atoms with E-state index in [1.54, 1.807) is 18.2 Å². The van der Waals surface area contributed by atoms with Gasteiger partial charge < -0.3 is 15.8 Å². The standard InChI is InChI=1S/C15H14BrFN2O2/c1-2-19-15(20)11-5-4-10(18)8-14(11)21-13-6-3-9(17)7-12(13)16/h3-8H,2,18H2,1H3,(H,19,20). The van der Waals surface area contributed by atoms with Gasteiger partial charge in [-0.1, -0.05) is 0 Å². The van der Waals surface area contributed by atoms with Crippen LogP contribution in [0.1, 0.15) is 17.3 Å². The van der Waals surface area contributed by atoms with E-state index in [2.05, 4.69) is 21.2 Å². The van der Waals surface area contributed by atoms with Crippen molar-refractivity contribution in [3.8, 4) is 11.5 Å². The Morgan fingerprint density at radius 2 is 2.05 bits per heavy atom. The van der Waals surface area contributed by atoms with E-state index in [-0.39, 0.29) is 11.7 Å². The molecule has 0 aliphatic carbocycles. The van der Waals surface area contributed by atoms with Crippen molar-refractivity contribution in [3.63, 3.8) is 0 Å². The van der Waals surface area contributed by atoms with Crippen LogP contribution in [-0.4, -0.2) is 12.5 Å². The quantitative estimate of drug-likeness (QED) is 0.824. The fourth-order valence-electron chi connectivity index (χ4n) is 1.74. The molecule has 1 amide bonds. The zero-order valence-corrected chi connectivity index (χ0v) is 12.9. The van der Waals surface area contributed by atoms with Crippen molar-refractivity contribution in [2.75, 3.05) is 12.3 Å². The lowest BCUT2D eigenvalue weighted by molar-refractivity contribution is 0.0953. The van der Waals surface area contributed by atoms with Gasteiger partial charge in [0.05, 0.1) is 10.0 Å². The maximum atomic E-state index is 13.1. The second-order valence-electron chi connectivity index (χ2n) is 4.29. The Morgan fingerprint density at radius 3 is 2.71 bits per heavy atom. The number of nitrogen functional groups attached to an aromatic ring is 1. The first-order chi connectivity index (χ1) is 10.0. The molecule has 0 saturated carbocycles. The molecule has 110 valence electrons. The Labute approximate surface area is 130 Å². The van der Waals surface area contributed by atoms with Crippen molar-refractivity contribution in [2.24, 2.45) is 0 Å². The molecule has 0 heterocycles. The number of amides is 1. The maximum Gasteiger partial charge on any atom is 0.255 e. The predicted molar refractivity (Wildman–Crippen MR) is 83.0 cm³/mol. The SMILES string of the molecule is CCNC(=O)c1ccc(N)cc1Oc1ccc(F)cc1Br. The summed E-state index contributed by atoms with van der Waals surface area (Å²) >= 11 is 3.22. The minimum absolute atomic E-state index is 0.259. The van der Waals surface area contributed by atoms with Gasteiger partial charge in [0, 0.05) is 18.3 Å². The first-order valence-electron chi connectivity index (χ1n) is 6.32. The van der Waals surface area contributed by atoms with Gasteiger partial charge in [-0.15, -0.1) is 0 Å². The van der Waals surface area contributed by atoms with Crippen LogP contribution in [0, 0.1) is 5.82 Å². The van der Waals surface area contributed by atoms with Gasteiger partial charge in [0.15, 0.2) is 0 Å². The molecule has 2 aromatic carbocycles. The lowest BCUT2D eigenvalue weighted by Crippen LogP contribution is -2.23. The first-order valence-corrected chi connectivity index (χ1v) is 7.11. The Hall–Kier alpha value is -2.08. The van der Waals surface area contributed by atoms with E-state index >= 15 is 0 Å². The lowest BCUT2D eigenvalue weighted by atomic mass is 10.1. The van der Waals surface area contributed by atoms with Crippen molar-refractivity contribution in [3.05, 3.63) is 52.3 Å². The monoisotopic (exact) mass is 352 g/mol. The van der Waals surface area contributed by atoms with Crippen LogP contribution in [0.4, 0.5) is 10.1 Å². The van der Waals surface area contributed by atoms with Crippen molar-refractivity contribution < 1.29 is 13.9 Å². The Bertz CT molecular complexity index is 677. The third kappa shape index (κ3) is 3.72. The van der Waals surface area contributed by atoms with E-state index < -0.39 is 0 Å². The molecule has 0 atom stereocenters. The maximum absolute atomic E-state index is 13.1. The van der Waals surface area contributed by atoms with E-state index in [1.165, 1.54) is 18.2 Å². The van der Waals surface area contributed by atoms with Gasteiger partial charge in [-0.25, -0.2) is 4.39 Å². The van der Waals surface area contributed by atoms with Crippen LogP contribution in [-0.2, 0) is 0 Å². The predicted octanol–water partition coefficient (Wildman–Crippen LogP) is 3.71. The van der Waals surface area contributed by atoms with Crippen LogP contribution in [0.3, 0.4) is 0 Å². The van der Waals surface area contributed by atoms with Gasteiger partial charge in [0.1, 0.15) is 17.3 Å². The van der Waals surface area contributed by atoms with Crippen molar-refractivity contribution in [2.45, 2.75) is 6.92 Å². The number of ether oxygens (including phenoxy) is 1. The average molecular weight is 353 g/mol. The normalized spacial score (nSPS) is 10.2. The molecule has 4 nitrogen and oxygen atoms in total. The zero-order chi connectivity index (χ0) is 15.4. The number of carbonyl (C=O) groups is 1. The molecule has 6 heteroatoms. The van der Waals surface area contributed by atoms with Crippen LogP contribution in [0.15, 0.2) is 40.9 Å². The Balaban J connectivity index is 2.38. The van der Waals surface area contributed by atoms with E-state index in [1.807, 2.05) is 6.92 Å². The molecule has 2 aromatic rings. The highest BCUT2D eigenvalue weighted by molar-refractivity contribution is 9.10. The van der Waals surface area contributed by atoms with E-state index in [4.69, 9.17) is 10.5 Å². The second-order valence-corrected chi connectivity index (χ2v) is 5.15. The molecule has 0 bridgehead atoms. The van der Waals surface area contributed by atoms with Gasteiger partial charge >= 0.3 is 0 Å². The van der Waals surface area contributed by atoms with Gasteiger partial charge in [-0.05, 0) is 53.2 Å². The number of hydrogen-bond acceptors (Lipinski definition) is 3. The highest BCUT2D eigenvalue weighted by Gasteiger charge is 2.14. The largest absolute Gasteiger partial charge is 0.455 e. The molecular weight excluding hydrogens is 339 g/mol. The van der Waals surface area contributed by atoms with Crippen LogP contribution < -0.4 is 15.8 Å². The molecule has 21 heavy (non-hydrogen) atoms. The fraction of sp³-hybridized carbons (Fsp3) is 0.133. The van der Waals surface area contributed by atoms with Crippen LogP contribution in [0.25, 0.3) is 0 Å². The van der Waals surface area contributed by atoms with E-state index in [0.717, 1.165) is 0 Å². The van der Waals surface area contributed by atoms with Gasteiger partial charge in [0.2, 0.25) is 0 Å². The zero-order valence-electron chi connectivity index (χ0n) is 11.3. The number of nitrogens with two attached hydrogens (primary N) is 1. The summed E-state index contributed by atoms with van der Waals surface area (Å²) in [7, 11) is 0. The molecule has 0 fully saturated rings. The van der Waals surface area contributed by atoms with Crippen LogP contribution in [0.2, 0.25) is 0 Å². The molecule has 2 rings (SSSR count). The minimum atomic E-state index is -0.384. The Morgan fingerprint density at radius 1 is 1.29 bits per heavy atom. The Kier molecular flexibility index (Phi) is 4.80. The molecule has 0 unspecified atom stereocenters. The average Bonchev–Trinajstić information content (AvgIpc) is 2.42. The number of rotatable bonds is 4. The lowest BCUT2D eigenvalue weighted by Gasteiger charge is -2.13. The molecule has 0 aliphatic heterocycles. The summed E-state index contributed by atoms with van der Waals surface area (Å²) in [6.45, 7) is 2.33. The number of anilines is 1. The summed E-state index contributed by atoms with van der Waals surface area (Å²) in [4.78, 5) is 12.0. The summed E-state index contributed by atoms with van der Waals surface area (Å²) in [6.07, 6.45) is 0. The summed E-state index contributed by atoms with van der Waals surface area (Å²) < 4.78 is 19.2. The second kappa shape index (κ2) is 6.58. The van der Waals surface area contributed by atoms with Crippen molar-refractivity contribution >= 4 is 27.5 Å². The number of nitrogens with one attached hydrogen (secondary N) is 1. The fourth-order valence-corrected chi connectivity index (χ4v) is 2.17. The first kappa shape index (κ1) is 15.3. The summed E-state index contributed by atoms with van der Waals surface area (Å²) in [5, 5.41) is 2.70. The molecule has 0 aliphatic rings. The third-order valence-corrected chi connectivity index (χ3v) is 3.32. The topological polar surface area (TPSA) is 64.4 Å². The minimum Gasteiger partial charge on any atom is -0.455 e. The molecule has 0 spiro atoms. The summed E-state index contributed by atoms with van der Waals surface area (Å²) in [5.74, 6) is 0.0669. The number of hydrogen-bond donors (Lipinski definition) is 2. The highest BCUT2D eigenvalue weighted by atomic mass is 79.9. The summed E-state index contributed by atoms with van der Waals surface area (Å²) in [6, 6.07) is 8.81. The molecule has 0 saturated heterocycles. The van der Waals surface area contributed by atoms with Crippen molar-refractivity contribution in [1.29, 1.82) is 0 Å². The molecule has 0 aromatic heterocycles. The van der Waals surface area contributed by atoms with Crippen LogP contribution >= 0.6 is 15.9 Å². The number of benzene rings is 2. The van der Waals surface area contributed by atoms with Gasteiger partial charge in [0.25, 0.3) is 5.91 Å². The van der Waals surface area contributed by atoms with Crippen molar-refractivity contribution in [1.82, 2.24) is 5.32 Å². The van der Waals surface area contributed by atoms with Gasteiger partial charge in [-0.2, -0.15) is 0 Å².